The highest BCUT2D eigenvalue weighted by Crippen LogP contribution is 2.18. The second kappa shape index (κ2) is 8.11. The van der Waals surface area contributed by atoms with E-state index < -0.39 is 16.0 Å². The van der Waals surface area contributed by atoms with Gasteiger partial charge in [0, 0.05) is 22.4 Å². The van der Waals surface area contributed by atoms with Gasteiger partial charge in [-0.2, -0.15) is 0 Å². The van der Waals surface area contributed by atoms with Gasteiger partial charge in [-0.1, -0.05) is 60.1 Å². The van der Waals surface area contributed by atoms with Gasteiger partial charge in [0.2, 0.25) is 5.91 Å². The molecule has 0 saturated heterocycles. The van der Waals surface area contributed by atoms with Crippen molar-refractivity contribution < 1.29 is 9.00 Å². The molecule has 2 aromatic rings. The van der Waals surface area contributed by atoms with E-state index in [-0.39, 0.29) is 11.7 Å². The van der Waals surface area contributed by atoms with Gasteiger partial charge in [0.25, 0.3) is 0 Å². The third kappa shape index (κ3) is 4.68. The molecule has 0 aliphatic rings. The molecule has 0 aromatic heterocycles. The van der Waals surface area contributed by atoms with Crippen LogP contribution in [0.25, 0.3) is 0 Å². The zero-order valence-corrected chi connectivity index (χ0v) is 13.9. The average Bonchev–Trinajstić information content (AvgIpc) is 2.55. The number of nitrogens with one attached hydrogen (secondary N) is 1. The van der Waals surface area contributed by atoms with Gasteiger partial charge >= 0.3 is 0 Å². The monoisotopic (exact) mass is 335 g/mol. The molecule has 2 aromatic carbocycles. The first kappa shape index (κ1) is 16.7. The van der Waals surface area contributed by atoms with E-state index in [1.54, 1.807) is 13.0 Å². The van der Waals surface area contributed by atoms with E-state index in [0.29, 0.717) is 11.6 Å². The molecule has 0 radical (unpaired) electrons. The molecule has 22 heavy (non-hydrogen) atoms. The van der Waals surface area contributed by atoms with E-state index in [4.69, 9.17) is 11.6 Å². The Bertz CT molecular complexity index is 661. The van der Waals surface area contributed by atoms with Crippen molar-refractivity contribution in [2.45, 2.75) is 24.5 Å². The smallest absolute Gasteiger partial charge is 0.235 e. The van der Waals surface area contributed by atoms with Gasteiger partial charge in [-0.3, -0.25) is 9.00 Å². The lowest BCUT2D eigenvalue weighted by Gasteiger charge is -2.13. The predicted octanol–water partition coefficient (Wildman–Crippen LogP) is 3.29. The van der Waals surface area contributed by atoms with Crippen LogP contribution in [0.1, 0.15) is 18.1 Å². The van der Waals surface area contributed by atoms with Crippen LogP contribution in [-0.2, 0) is 27.9 Å². The number of halogens is 1. The Hall–Kier alpha value is -1.65. The van der Waals surface area contributed by atoms with Crippen LogP contribution in [0.4, 0.5) is 0 Å². The standard InChI is InChI=1S/C17H18ClNO2S/c1-13(17(20)19-11-14-7-3-2-4-8-14)22(21)12-15-9-5-6-10-16(15)18/h2-10,13H,11-12H2,1H3,(H,19,20)/t13-,22+/m1/s1. The fourth-order valence-corrected chi connectivity index (χ4v) is 3.35. The molecular formula is C17H18ClNO2S. The van der Waals surface area contributed by atoms with Crippen molar-refractivity contribution in [2.75, 3.05) is 0 Å². The molecule has 0 unspecified atom stereocenters. The number of amides is 1. The van der Waals surface area contributed by atoms with Gasteiger partial charge < -0.3 is 5.32 Å². The molecular weight excluding hydrogens is 318 g/mol. The first-order valence-corrected chi connectivity index (χ1v) is 8.76. The molecule has 0 bridgehead atoms. The fourth-order valence-electron chi connectivity index (χ4n) is 1.94. The van der Waals surface area contributed by atoms with E-state index >= 15 is 0 Å². The SMILES string of the molecule is C[C@H](C(=O)NCc1ccccc1)[S@@](=O)Cc1ccccc1Cl. The van der Waals surface area contributed by atoms with Crippen molar-refractivity contribution in [3.8, 4) is 0 Å². The van der Waals surface area contributed by atoms with E-state index in [0.717, 1.165) is 11.1 Å². The summed E-state index contributed by atoms with van der Waals surface area (Å²) in [7, 11) is -1.31. The highest BCUT2D eigenvalue weighted by atomic mass is 35.5. The number of benzene rings is 2. The van der Waals surface area contributed by atoms with Crippen molar-refractivity contribution in [1.29, 1.82) is 0 Å². The van der Waals surface area contributed by atoms with Gasteiger partial charge in [0.15, 0.2) is 0 Å². The third-order valence-electron chi connectivity index (χ3n) is 3.33. The molecule has 0 heterocycles. The Morgan fingerprint density at radius 3 is 2.45 bits per heavy atom. The zero-order chi connectivity index (χ0) is 15.9. The number of hydrogen-bond donors (Lipinski definition) is 1. The van der Waals surface area contributed by atoms with Crippen LogP contribution in [0, 0.1) is 0 Å². The third-order valence-corrected chi connectivity index (χ3v) is 5.30. The maximum atomic E-state index is 12.3. The van der Waals surface area contributed by atoms with Crippen molar-refractivity contribution in [1.82, 2.24) is 5.32 Å². The normalized spacial score (nSPS) is 13.4. The number of hydrogen-bond acceptors (Lipinski definition) is 2. The van der Waals surface area contributed by atoms with Crippen LogP contribution < -0.4 is 5.32 Å². The number of carbonyl (C=O) groups excluding carboxylic acids is 1. The largest absolute Gasteiger partial charge is 0.351 e. The van der Waals surface area contributed by atoms with Crippen molar-refractivity contribution in [2.24, 2.45) is 0 Å². The molecule has 0 spiro atoms. The van der Waals surface area contributed by atoms with E-state index in [2.05, 4.69) is 5.32 Å². The molecule has 0 aliphatic heterocycles. The van der Waals surface area contributed by atoms with Crippen molar-refractivity contribution >= 4 is 28.3 Å². The molecule has 2 rings (SSSR count). The van der Waals surface area contributed by atoms with Crippen molar-refractivity contribution in [3.63, 3.8) is 0 Å². The maximum Gasteiger partial charge on any atom is 0.235 e. The van der Waals surface area contributed by atoms with Crippen LogP contribution in [0.5, 0.6) is 0 Å². The minimum Gasteiger partial charge on any atom is -0.351 e. The fraction of sp³-hybridized carbons (Fsp3) is 0.235. The summed E-state index contributed by atoms with van der Waals surface area (Å²) < 4.78 is 12.3. The Labute approximate surface area is 138 Å². The van der Waals surface area contributed by atoms with E-state index in [1.165, 1.54) is 0 Å². The Morgan fingerprint density at radius 2 is 1.77 bits per heavy atom. The van der Waals surface area contributed by atoms with Gasteiger partial charge in [0.05, 0.1) is 5.75 Å². The first-order valence-electron chi connectivity index (χ1n) is 7.00. The minimum absolute atomic E-state index is 0.214. The Morgan fingerprint density at radius 1 is 1.14 bits per heavy atom. The summed E-state index contributed by atoms with van der Waals surface area (Å²) in [5.74, 6) is 0.0637. The highest BCUT2D eigenvalue weighted by molar-refractivity contribution is 7.85. The summed E-state index contributed by atoms with van der Waals surface area (Å²) in [6, 6.07) is 16.9. The summed E-state index contributed by atoms with van der Waals surface area (Å²) in [6.07, 6.45) is 0. The topological polar surface area (TPSA) is 46.2 Å². The summed E-state index contributed by atoms with van der Waals surface area (Å²) in [6.45, 7) is 2.11. The van der Waals surface area contributed by atoms with E-state index in [1.807, 2.05) is 48.5 Å². The van der Waals surface area contributed by atoms with Crippen LogP contribution in [0.15, 0.2) is 54.6 Å². The first-order chi connectivity index (χ1) is 10.6. The van der Waals surface area contributed by atoms with Crippen molar-refractivity contribution in [3.05, 3.63) is 70.7 Å². The second-order valence-corrected chi connectivity index (χ2v) is 7.13. The molecule has 116 valence electrons. The van der Waals surface area contributed by atoms with Gasteiger partial charge in [-0.15, -0.1) is 0 Å². The summed E-state index contributed by atoms with van der Waals surface area (Å²) in [4.78, 5) is 12.1. The van der Waals surface area contributed by atoms with Gasteiger partial charge in [-0.25, -0.2) is 0 Å². The summed E-state index contributed by atoms with van der Waals surface area (Å²) >= 11 is 6.06. The molecule has 3 nitrogen and oxygen atoms in total. The maximum absolute atomic E-state index is 12.3. The van der Waals surface area contributed by atoms with Crippen LogP contribution in [0.2, 0.25) is 5.02 Å². The molecule has 0 aliphatic carbocycles. The highest BCUT2D eigenvalue weighted by Gasteiger charge is 2.20. The summed E-state index contributed by atoms with van der Waals surface area (Å²) in [5.41, 5.74) is 1.81. The van der Waals surface area contributed by atoms with E-state index in [9.17, 15) is 9.00 Å². The quantitative estimate of drug-likeness (QED) is 0.880. The second-order valence-electron chi connectivity index (χ2n) is 4.96. The molecule has 1 N–H and O–H groups in total. The van der Waals surface area contributed by atoms with Crippen LogP contribution >= 0.6 is 11.6 Å². The van der Waals surface area contributed by atoms with Gasteiger partial charge in [0.1, 0.15) is 5.25 Å². The lowest BCUT2D eigenvalue weighted by atomic mass is 10.2. The minimum atomic E-state index is -1.31. The summed E-state index contributed by atoms with van der Waals surface area (Å²) in [5, 5.41) is 2.81. The number of rotatable bonds is 6. The Balaban J connectivity index is 1.90. The Kier molecular flexibility index (Phi) is 6.16. The van der Waals surface area contributed by atoms with Gasteiger partial charge in [-0.05, 0) is 24.1 Å². The predicted molar refractivity (Wildman–Crippen MR) is 91.0 cm³/mol. The lowest BCUT2D eigenvalue weighted by molar-refractivity contribution is -0.120. The molecule has 0 saturated carbocycles. The number of carbonyl (C=O) groups is 1. The molecule has 0 fully saturated rings. The molecule has 5 heteroatoms. The van der Waals surface area contributed by atoms with Crippen LogP contribution in [-0.4, -0.2) is 15.4 Å². The van der Waals surface area contributed by atoms with Crippen LogP contribution in [0.3, 0.4) is 0 Å². The average molecular weight is 336 g/mol. The zero-order valence-electron chi connectivity index (χ0n) is 12.3. The molecule has 1 amide bonds. The lowest BCUT2D eigenvalue weighted by Crippen LogP contribution is -2.35. The molecule has 2 atom stereocenters.